The van der Waals surface area contributed by atoms with E-state index in [0.717, 1.165) is 19.3 Å². The molecule has 4 nitrogen and oxygen atoms in total. The highest BCUT2D eigenvalue weighted by atomic mass is 19.1. The molecular weight excluding hydrogens is 255 g/mol. The van der Waals surface area contributed by atoms with Gasteiger partial charge in [0.1, 0.15) is 5.82 Å². The van der Waals surface area contributed by atoms with E-state index in [1.165, 1.54) is 11.1 Å². The van der Waals surface area contributed by atoms with Crippen LogP contribution in [0.4, 0.5) is 10.2 Å². The molecule has 1 aromatic carbocycles. The molecular formula is C15H17FN4. The van der Waals surface area contributed by atoms with Crippen LogP contribution in [-0.4, -0.2) is 9.97 Å². The van der Waals surface area contributed by atoms with Crippen LogP contribution in [0.15, 0.2) is 24.3 Å². The number of fused-ring (bicyclic) bond motifs is 1. The van der Waals surface area contributed by atoms with Gasteiger partial charge in [0.15, 0.2) is 11.6 Å². The number of rotatable bonds is 2. The number of halogens is 1. The molecule has 0 saturated carbocycles. The minimum absolute atomic E-state index is 0.0753. The fourth-order valence-corrected chi connectivity index (χ4v) is 2.78. The Balaban J connectivity index is 1.93. The topological polar surface area (TPSA) is 63.8 Å². The number of aromatic nitrogens is 2. The molecule has 2 aromatic rings. The van der Waals surface area contributed by atoms with Crippen LogP contribution in [0.3, 0.4) is 0 Å². The minimum Gasteiger partial charge on any atom is -0.306 e. The molecule has 0 bridgehead atoms. The first-order valence-electron chi connectivity index (χ1n) is 6.76. The van der Waals surface area contributed by atoms with Crippen LogP contribution in [0.1, 0.15) is 35.0 Å². The molecule has 5 heteroatoms. The molecule has 0 saturated heterocycles. The predicted octanol–water partition coefficient (Wildman–Crippen LogP) is 2.48. The average molecular weight is 272 g/mol. The van der Waals surface area contributed by atoms with Gasteiger partial charge >= 0.3 is 0 Å². The third-order valence-corrected chi connectivity index (χ3v) is 3.88. The lowest BCUT2D eigenvalue weighted by Crippen LogP contribution is -2.19. The van der Waals surface area contributed by atoms with Crippen LogP contribution in [0.5, 0.6) is 0 Å². The first-order chi connectivity index (χ1) is 9.69. The Bertz CT molecular complexity index is 642. The summed E-state index contributed by atoms with van der Waals surface area (Å²) in [5.74, 6) is 5.80. The van der Waals surface area contributed by atoms with E-state index >= 15 is 0 Å². The molecule has 1 aliphatic carbocycles. The molecule has 1 aliphatic rings. The Morgan fingerprint density at radius 2 is 2.00 bits per heavy atom. The second kappa shape index (κ2) is 5.17. The molecule has 3 rings (SSSR count). The van der Waals surface area contributed by atoms with Gasteiger partial charge in [0.2, 0.25) is 0 Å². The van der Waals surface area contributed by atoms with E-state index in [2.05, 4.69) is 33.6 Å². The van der Waals surface area contributed by atoms with E-state index in [1.807, 2.05) is 6.07 Å². The number of nitrogens with two attached hydrogens (primary N) is 1. The molecule has 1 aromatic heterocycles. The third kappa shape index (κ3) is 2.25. The standard InChI is InChI=1S/C15H17FN4/c1-9-13(16)15(20-17)19-14(18-9)12-7-6-10-4-2-3-5-11(10)8-12/h2-5,12H,6-8,17H2,1H3,(H,18,19,20). The molecule has 1 atom stereocenters. The average Bonchev–Trinajstić information content (AvgIpc) is 2.49. The van der Waals surface area contributed by atoms with Crippen molar-refractivity contribution in [3.05, 3.63) is 52.7 Å². The summed E-state index contributed by atoms with van der Waals surface area (Å²) in [6.45, 7) is 1.64. The van der Waals surface area contributed by atoms with Crippen molar-refractivity contribution in [3.8, 4) is 0 Å². The van der Waals surface area contributed by atoms with E-state index in [1.54, 1.807) is 6.92 Å². The number of hydrogen-bond donors (Lipinski definition) is 2. The third-order valence-electron chi connectivity index (χ3n) is 3.88. The number of benzene rings is 1. The fourth-order valence-electron chi connectivity index (χ4n) is 2.78. The van der Waals surface area contributed by atoms with Gasteiger partial charge in [-0.3, -0.25) is 0 Å². The van der Waals surface area contributed by atoms with Crippen LogP contribution in [0.2, 0.25) is 0 Å². The van der Waals surface area contributed by atoms with E-state index in [9.17, 15) is 4.39 Å². The van der Waals surface area contributed by atoms with E-state index < -0.39 is 5.82 Å². The summed E-state index contributed by atoms with van der Waals surface area (Å²) < 4.78 is 13.7. The van der Waals surface area contributed by atoms with E-state index in [4.69, 9.17) is 5.84 Å². The maximum Gasteiger partial charge on any atom is 0.187 e. The highest BCUT2D eigenvalue weighted by Gasteiger charge is 2.23. The fraction of sp³-hybridized carbons (Fsp3) is 0.333. The zero-order valence-electron chi connectivity index (χ0n) is 11.4. The number of aryl methyl sites for hydroxylation is 2. The van der Waals surface area contributed by atoms with E-state index in [-0.39, 0.29) is 11.7 Å². The Labute approximate surface area is 117 Å². The van der Waals surface area contributed by atoms with Crippen molar-refractivity contribution in [3.63, 3.8) is 0 Å². The monoisotopic (exact) mass is 272 g/mol. The molecule has 0 radical (unpaired) electrons. The molecule has 0 aliphatic heterocycles. The first-order valence-corrected chi connectivity index (χ1v) is 6.76. The van der Waals surface area contributed by atoms with Crippen molar-refractivity contribution in [2.24, 2.45) is 5.84 Å². The molecule has 104 valence electrons. The quantitative estimate of drug-likeness (QED) is 0.651. The van der Waals surface area contributed by atoms with Gasteiger partial charge in [-0.25, -0.2) is 20.2 Å². The van der Waals surface area contributed by atoms with Gasteiger partial charge in [0.05, 0.1) is 5.69 Å². The predicted molar refractivity (Wildman–Crippen MR) is 75.7 cm³/mol. The van der Waals surface area contributed by atoms with Crippen LogP contribution in [0.25, 0.3) is 0 Å². The molecule has 0 amide bonds. The summed E-state index contributed by atoms with van der Waals surface area (Å²) in [7, 11) is 0. The number of nitrogen functional groups attached to an aromatic ring is 1. The molecule has 20 heavy (non-hydrogen) atoms. The van der Waals surface area contributed by atoms with Crippen molar-refractivity contribution in [1.82, 2.24) is 9.97 Å². The largest absolute Gasteiger partial charge is 0.306 e. The molecule has 0 spiro atoms. The smallest absolute Gasteiger partial charge is 0.187 e. The Morgan fingerprint density at radius 1 is 1.25 bits per heavy atom. The highest BCUT2D eigenvalue weighted by Crippen LogP contribution is 2.31. The maximum atomic E-state index is 13.7. The van der Waals surface area contributed by atoms with Gasteiger partial charge in [-0.05, 0) is 37.3 Å². The Kier molecular flexibility index (Phi) is 3.36. The van der Waals surface area contributed by atoms with Crippen molar-refractivity contribution in [1.29, 1.82) is 0 Å². The first kappa shape index (κ1) is 13.0. The maximum absolute atomic E-state index is 13.7. The Hall–Kier alpha value is -2.01. The summed E-state index contributed by atoms with van der Waals surface area (Å²) in [6, 6.07) is 8.41. The zero-order chi connectivity index (χ0) is 14.1. The van der Waals surface area contributed by atoms with Crippen molar-refractivity contribution in [2.75, 3.05) is 5.43 Å². The van der Waals surface area contributed by atoms with E-state index in [0.29, 0.717) is 11.5 Å². The lowest BCUT2D eigenvalue weighted by molar-refractivity contribution is 0.539. The summed E-state index contributed by atoms with van der Waals surface area (Å²) in [5.41, 5.74) is 5.36. The van der Waals surface area contributed by atoms with Gasteiger partial charge in [-0.1, -0.05) is 24.3 Å². The van der Waals surface area contributed by atoms with Crippen molar-refractivity contribution < 1.29 is 4.39 Å². The number of nitrogens with zero attached hydrogens (tertiary/aromatic N) is 2. The second-order valence-corrected chi connectivity index (χ2v) is 5.18. The molecule has 1 heterocycles. The highest BCUT2D eigenvalue weighted by molar-refractivity contribution is 5.38. The van der Waals surface area contributed by atoms with Gasteiger partial charge in [-0.15, -0.1) is 0 Å². The van der Waals surface area contributed by atoms with Gasteiger partial charge in [0, 0.05) is 5.92 Å². The number of hydrogen-bond acceptors (Lipinski definition) is 4. The number of nitrogens with one attached hydrogen (secondary N) is 1. The zero-order valence-corrected chi connectivity index (χ0v) is 11.4. The van der Waals surface area contributed by atoms with Crippen LogP contribution in [0, 0.1) is 12.7 Å². The van der Waals surface area contributed by atoms with Crippen molar-refractivity contribution in [2.45, 2.75) is 32.1 Å². The van der Waals surface area contributed by atoms with Crippen molar-refractivity contribution >= 4 is 5.82 Å². The van der Waals surface area contributed by atoms with Gasteiger partial charge < -0.3 is 5.43 Å². The number of anilines is 1. The summed E-state index contributed by atoms with van der Waals surface area (Å²) in [6.07, 6.45) is 2.88. The lowest BCUT2D eigenvalue weighted by Gasteiger charge is -2.24. The second-order valence-electron chi connectivity index (χ2n) is 5.18. The van der Waals surface area contributed by atoms with Crippen LogP contribution in [-0.2, 0) is 12.8 Å². The minimum atomic E-state index is -0.479. The molecule has 1 unspecified atom stereocenters. The van der Waals surface area contributed by atoms with Gasteiger partial charge in [0.25, 0.3) is 0 Å². The lowest BCUT2D eigenvalue weighted by atomic mass is 9.83. The summed E-state index contributed by atoms with van der Waals surface area (Å²) in [5, 5.41) is 0. The van der Waals surface area contributed by atoms with Gasteiger partial charge in [-0.2, -0.15) is 0 Å². The SMILES string of the molecule is Cc1nc(C2CCc3ccccc3C2)nc(NN)c1F. The Morgan fingerprint density at radius 3 is 2.75 bits per heavy atom. The molecule has 3 N–H and O–H groups in total. The summed E-state index contributed by atoms with van der Waals surface area (Å²) in [4.78, 5) is 8.52. The number of hydrazine groups is 1. The normalized spacial score (nSPS) is 17.6. The summed E-state index contributed by atoms with van der Waals surface area (Å²) >= 11 is 0. The van der Waals surface area contributed by atoms with Crippen LogP contribution >= 0.6 is 0 Å². The van der Waals surface area contributed by atoms with Crippen LogP contribution < -0.4 is 11.3 Å². The molecule has 0 fully saturated rings.